The van der Waals surface area contributed by atoms with Crippen LogP contribution in [0.25, 0.3) is 11.0 Å². The summed E-state index contributed by atoms with van der Waals surface area (Å²) < 4.78 is 11.2. The molecule has 0 aliphatic carbocycles. The molecule has 0 bridgehead atoms. The second-order valence-corrected chi connectivity index (χ2v) is 6.39. The standard InChI is InChI=1S/C18H26N2O3/c1-13(12-20-8-6-19-7-9-20)16(21)11-15-10-14-4-3-5-17(22-2)18(14)23-15/h3-5,10,13,16,19,21H,6-9,11-12H2,1-2H3. The molecule has 2 unspecified atom stereocenters. The predicted octanol–water partition coefficient (Wildman–Crippen LogP) is 1.89. The van der Waals surface area contributed by atoms with Gasteiger partial charge in [-0.05, 0) is 18.1 Å². The van der Waals surface area contributed by atoms with Crippen molar-refractivity contribution >= 4 is 11.0 Å². The zero-order valence-electron chi connectivity index (χ0n) is 13.9. The van der Waals surface area contributed by atoms with Gasteiger partial charge >= 0.3 is 0 Å². The largest absolute Gasteiger partial charge is 0.493 e. The highest BCUT2D eigenvalue weighted by atomic mass is 16.5. The fourth-order valence-electron chi connectivity index (χ4n) is 3.18. The number of benzene rings is 1. The monoisotopic (exact) mass is 318 g/mol. The maximum Gasteiger partial charge on any atom is 0.176 e. The van der Waals surface area contributed by atoms with Crippen LogP contribution in [0.2, 0.25) is 0 Å². The third-order valence-electron chi connectivity index (χ3n) is 4.60. The van der Waals surface area contributed by atoms with Crippen LogP contribution in [0.1, 0.15) is 12.7 Å². The van der Waals surface area contributed by atoms with Gasteiger partial charge in [-0.25, -0.2) is 0 Å². The molecule has 0 amide bonds. The van der Waals surface area contributed by atoms with Crippen LogP contribution in [0.3, 0.4) is 0 Å². The van der Waals surface area contributed by atoms with Crippen LogP contribution >= 0.6 is 0 Å². The summed E-state index contributed by atoms with van der Waals surface area (Å²) in [7, 11) is 1.64. The van der Waals surface area contributed by atoms with Crippen LogP contribution in [0.15, 0.2) is 28.7 Å². The minimum absolute atomic E-state index is 0.211. The number of aliphatic hydroxyl groups is 1. The van der Waals surface area contributed by atoms with E-state index >= 15 is 0 Å². The number of rotatable bonds is 6. The van der Waals surface area contributed by atoms with Gasteiger partial charge in [0.15, 0.2) is 11.3 Å². The number of nitrogens with one attached hydrogen (secondary N) is 1. The van der Waals surface area contributed by atoms with Gasteiger partial charge in [0.1, 0.15) is 5.76 Å². The molecule has 0 radical (unpaired) electrons. The van der Waals surface area contributed by atoms with Gasteiger partial charge in [0.2, 0.25) is 0 Å². The Morgan fingerprint density at radius 1 is 1.35 bits per heavy atom. The molecule has 1 aromatic carbocycles. The number of methoxy groups -OCH3 is 1. The van der Waals surface area contributed by atoms with Crippen LogP contribution in [-0.4, -0.2) is 55.9 Å². The molecule has 1 aliphatic rings. The molecule has 0 spiro atoms. The number of hydrogen-bond donors (Lipinski definition) is 2. The Morgan fingerprint density at radius 3 is 2.87 bits per heavy atom. The summed E-state index contributed by atoms with van der Waals surface area (Å²) >= 11 is 0. The quantitative estimate of drug-likeness (QED) is 0.852. The van der Waals surface area contributed by atoms with E-state index in [0.717, 1.165) is 55.2 Å². The molecule has 5 heteroatoms. The van der Waals surface area contributed by atoms with E-state index in [4.69, 9.17) is 9.15 Å². The van der Waals surface area contributed by atoms with Crippen molar-refractivity contribution < 1.29 is 14.3 Å². The number of para-hydroxylation sites is 1. The molecule has 126 valence electrons. The van der Waals surface area contributed by atoms with Crippen molar-refractivity contribution in [2.75, 3.05) is 39.8 Å². The smallest absolute Gasteiger partial charge is 0.176 e. The van der Waals surface area contributed by atoms with Crippen molar-refractivity contribution in [3.05, 3.63) is 30.0 Å². The van der Waals surface area contributed by atoms with Crippen molar-refractivity contribution in [1.29, 1.82) is 0 Å². The van der Waals surface area contributed by atoms with Gasteiger partial charge in [-0.15, -0.1) is 0 Å². The number of ether oxygens (including phenoxy) is 1. The molecule has 1 aromatic heterocycles. The minimum Gasteiger partial charge on any atom is -0.493 e. The lowest BCUT2D eigenvalue weighted by atomic mass is 9.99. The highest BCUT2D eigenvalue weighted by Gasteiger charge is 2.21. The summed E-state index contributed by atoms with van der Waals surface area (Å²) in [6.45, 7) is 7.21. The number of aliphatic hydroxyl groups excluding tert-OH is 1. The van der Waals surface area contributed by atoms with Crippen LogP contribution in [0.5, 0.6) is 5.75 Å². The number of furan rings is 1. The van der Waals surface area contributed by atoms with Gasteiger partial charge in [-0.1, -0.05) is 19.1 Å². The van der Waals surface area contributed by atoms with E-state index in [-0.39, 0.29) is 5.92 Å². The first-order chi connectivity index (χ1) is 11.2. The fourth-order valence-corrected chi connectivity index (χ4v) is 3.18. The average molecular weight is 318 g/mol. The summed E-state index contributed by atoms with van der Waals surface area (Å²) in [6.07, 6.45) is 0.127. The lowest BCUT2D eigenvalue weighted by Crippen LogP contribution is -2.46. The van der Waals surface area contributed by atoms with E-state index in [9.17, 15) is 5.11 Å². The molecule has 23 heavy (non-hydrogen) atoms. The van der Waals surface area contributed by atoms with E-state index in [1.165, 1.54) is 0 Å². The third-order valence-corrected chi connectivity index (χ3v) is 4.60. The van der Waals surface area contributed by atoms with Crippen LogP contribution in [0, 0.1) is 5.92 Å². The molecule has 0 saturated carbocycles. The Hall–Kier alpha value is -1.56. The lowest BCUT2D eigenvalue weighted by Gasteiger charge is -2.31. The first kappa shape index (κ1) is 16.3. The lowest BCUT2D eigenvalue weighted by molar-refractivity contribution is 0.0807. The van der Waals surface area contributed by atoms with E-state index in [2.05, 4.69) is 17.1 Å². The zero-order chi connectivity index (χ0) is 16.2. The van der Waals surface area contributed by atoms with Crippen LogP contribution in [-0.2, 0) is 6.42 Å². The molecular weight excluding hydrogens is 292 g/mol. The fraction of sp³-hybridized carbons (Fsp3) is 0.556. The van der Waals surface area contributed by atoms with Crippen molar-refractivity contribution in [1.82, 2.24) is 10.2 Å². The molecular formula is C18H26N2O3. The molecule has 2 atom stereocenters. The normalized spacial score (nSPS) is 18.9. The van der Waals surface area contributed by atoms with Gasteiger partial charge in [0.05, 0.1) is 13.2 Å². The highest BCUT2D eigenvalue weighted by molar-refractivity contribution is 5.83. The Bertz CT molecular complexity index is 634. The van der Waals surface area contributed by atoms with Gasteiger partial charge in [0.25, 0.3) is 0 Å². The minimum atomic E-state index is -0.406. The summed E-state index contributed by atoms with van der Waals surface area (Å²) in [5, 5.41) is 14.9. The van der Waals surface area contributed by atoms with E-state index < -0.39 is 6.10 Å². The van der Waals surface area contributed by atoms with Crippen LogP contribution < -0.4 is 10.1 Å². The SMILES string of the molecule is COc1cccc2cc(CC(O)C(C)CN3CCNCC3)oc12. The average Bonchev–Trinajstić information content (AvgIpc) is 2.98. The topological polar surface area (TPSA) is 57.9 Å². The van der Waals surface area contributed by atoms with Crippen molar-refractivity contribution in [2.45, 2.75) is 19.4 Å². The van der Waals surface area contributed by atoms with Crippen molar-refractivity contribution in [3.8, 4) is 5.75 Å². The van der Waals surface area contributed by atoms with Crippen molar-refractivity contribution in [3.63, 3.8) is 0 Å². The Balaban J connectivity index is 1.63. The molecule has 2 heterocycles. The summed E-state index contributed by atoms with van der Waals surface area (Å²) in [6, 6.07) is 7.84. The van der Waals surface area contributed by atoms with Gasteiger partial charge in [0, 0.05) is 44.5 Å². The highest BCUT2D eigenvalue weighted by Crippen LogP contribution is 2.29. The van der Waals surface area contributed by atoms with E-state index in [0.29, 0.717) is 6.42 Å². The molecule has 1 aliphatic heterocycles. The number of fused-ring (bicyclic) bond motifs is 1. The maximum atomic E-state index is 10.5. The zero-order valence-corrected chi connectivity index (χ0v) is 13.9. The van der Waals surface area contributed by atoms with Gasteiger partial charge in [-0.2, -0.15) is 0 Å². The first-order valence-corrected chi connectivity index (χ1v) is 8.34. The van der Waals surface area contributed by atoms with Gasteiger partial charge in [-0.3, -0.25) is 0 Å². The molecule has 1 fully saturated rings. The second kappa shape index (κ2) is 7.34. The summed E-state index contributed by atoms with van der Waals surface area (Å²) in [4.78, 5) is 2.41. The number of hydrogen-bond acceptors (Lipinski definition) is 5. The molecule has 1 saturated heterocycles. The molecule has 5 nitrogen and oxygen atoms in total. The summed E-state index contributed by atoms with van der Waals surface area (Å²) in [5.41, 5.74) is 0.756. The van der Waals surface area contributed by atoms with Crippen LogP contribution in [0.4, 0.5) is 0 Å². The first-order valence-electron chi connectivity index (χ1n) is 8.34. The molecule has 3 rings (SSSR count). The second-order valence-electron chi connectivity index (χ2n) is 6.39. The predicted molar refractivity (Wildman–Crippen MR) is 91.0 cm³/mol. The Kier molecular flexibility index (Phi) is 5.20. The molecule has 2 aromatic rings. The van der Waals surface area contributed by atoms with E-state index in [1.807, 2.05) is 24.3 Å². The Morgan fingerprint density at radius 2 is 2.13 bits per heavy atom. The maximum absolute atomic E-state index is 10.5. The molecule has 2 N–H and O–H groups in total. The Labute approximate surface area is 137 Å². The summed E-state index contributed by atoms with van der Waals surface area (Å²) in [5.74, 6) is 1.75. The number of nitrogens with zero attached hydrogens (tertiary/aromatic N) is 1. The van der Waals surface area contributed by atoms with Crippen molar-refractivity contribution in [2.24, 2.45) is 5.92 Å². The van der Waals surface area contributed by atoms with E-state index in [1.54, 1.807) is 7.11 Å². The van der Waals surface area contributed by atoms with Gasteiger partial charge < -0.3 is 24.5 Å². The third kappa shape index (κ3) is 3.86. The number of piperazine rings is 1.